The maximum absolute atomic E-state index is 12.6. The van der Waals surface area contributed by atoms with Crippen molar-refractivity contribution in [2.45, 2.75) is 20.4 Å². The van der Waals surface area contributed by atoms with Crippen LogP contribution in [0.25, 0.3) is 22.1 Å². The number of amides is 1. The summed E-state index contributed by atoms with van der Waals surface area (Å²) in [6, 6.07) is 7.34. The summed E-state index contributed by atoms with van der Waals surface area (Å²) in [7, 11) is 1.71. The van der Waals surface area contributed by atoms with E-state index in [1.807, 2.05) is 32.0 Å². The van der Waals surface area contributed by atoms with E-state index < -0.39 is 0 Å². The number of aromatic nitrogens is 2. The number of nitrogens with two attached hydrogens (primary N) is 1. The van der Waals surface area contributed by atoms with Crippen LogP contribution in [-0.2, 0) is 11.3 Å². The zero-order chi connectivity index (χ0) is 18.2. The Morgan fingerprint density at radius 2 is 2.04 bits per heavy atom. The molecule has 0 aliphatic carbocycles. The number of fused-ring (bicyclic) bond motifs is 3. The minimum atomic E-state index is -0.360. The molecule has 0 atom stereocenters. The Balaban J connectivity index is 0.00000243. The Hall–Kier alpha value is -2.38. The van der Waals surface area contributed by atoms with Crippen LogP contribution >= 0.6 is 12.4 Å². The van der Waals surface area contributed by atoms with E-state index in [9.17, 15) is 9.59 Å². The van der Waals surface area contributed by atoms with E-state index in [-0.39, 0.29) is 41.4 Å². The highest BCUT2D eigenvalue weighted by Gasteiger charge is 2.22. The molecule has 2 N–H and O–H groups in total. The molecule has 0 radical (unpaired) electrons. The topological polar surface area (TPSA) is 94.4 Å². The zero-order valence-electron chi connectivity index (χ0n) is 15.1. The second kappa shape index (κ2) is 7.47. The van der Waals surface area contributed by atoms with Crippen LogP contribution in [-0.4, -0.2) is 40.5 Å². The lowest BCUT2D eigenvalue weighted by Gasteiger charge is -2.29. The fourth-order valence-electron chi connectivity index (χ4n) is 2.79. The third kappa shape index (κ3) is 3.73. The van der Waals surface area contributed by atoms with Gasteiger partial charge in [0.2, 0.25) is 11.5 Å². The van der Waals surface area contributed by atoms with Gasteiger partial charge in [0.05, 0.1) is 6.33 Å². The van der Waals surface area contributed by atoms with Crippen LogP contribution in [0.15, 0.2) is 39.8 Å². The van der Waals surface area contributed by atoms with Crippen molar-refractivity contribution in [2.24, 2.45) is 11.1 Å². The summed E-state index contributed by atoms with van der Waals surface area (Å²) < 4.78 is 6.90. The third-order valence-corrected chi connectivity index (χ3v) is 4.30. The summed E-state index contributed by atoms with van der Waals surface area (Å²) in [4.78, 5) is 31.0. The Morgan fingerprint density at radius 1 is 1.35 bits per heavy atom. The van der Waals surface area contributed by atoms with E-state index >= 15 is 0 Å². The number of carbonyl (C=O) groups is 1. The lowest BCUT2D eigenvalue weighted by atomic mass is 9.93. The molecule has 0 unspecified atom stereocenters. The van der Waals surface area contributed by atoms with Crippen molar-refractivity contribution in [3.8, 4) is 0 Å². The van der Waals surface area contributed by atoms with Gasteiger partial charge in [0, 0.05) is 19.0 Å². The average molecular weight is 379 g/mol. The number of benzene rings is 1. The molecule has 2 aromatic heterocycles. The van der Waals surface area contributed by atoms with Crippen molar-refractivity contribution < 1.29 is 9.21 Å². The van der Waals surface area contributed by atoms with Gasteiger partial charge in [-0.25, -0.2) is 4.98 Å². The van der Waals surface area contributed by atoms with Crippen molar-refractivity contribution in [3.05, 3.63) is 40.9 Å². The van der Waals surface area contributed by atoms with Gasteiger partial charge in [-0.05, 0) is 24.1 Å². The molecule has 8 heteroatoms. The molecule has 0 aliphatic rings. The maximum atomic E-state index is 12.6. The second-order valence-electron chi connectivity index (χ2n) is 7.07. The third-order valence-electron chi connectivity index (χ3n) is 4.30. The summed E-state index contributed by atoms with van der Waals surface area (Å²) in [5.74, 6) is -0.180. The number of likely N-dealkylation sites (N-methyl/N-ethyl adjacent to an activating group) is 1. The van der Waals surface area contributed by atoms with Crippen LogP contribution in [0.1, 0.15) is 13.8 Å². The lowest BCUT2D eigenvalue weighted by molar-refractivity contribution is -0.131. The van der Waals surface area contributed by atoms with E-state index in [4.69, 9.17) is 10.2 Å². The van der Waals surface area contributed by atoms with E-state index in [1.165, 1.54) is 10.9 Å². The van der Waals surface area contributed by atoms with Crippen molar-refractivity contribution in [3.63, 3.8) is 0 Å². The smallest absolute Gasteiger partial charge is 0.297 e. The number of hydrogen-bond donors (Lipinski definition) is 1. The molecule has 3 aromatic rings. The largest absolute Gasteiger partial charge is 0.448 e. The summed E-state index contributed by atoms with van der Waals surface area (Å²) in [5, 5.41) is 0.787. The predicted octanol–water partition coefficient (Wildman–Crippen LogP) is 2.01. The number of hydrogen-bond acceptors (Lipinski definition) is 5. The van der Waals surface area contributed by atoms with E-state index in [0.717, 1.165) is 5.39 Å². The lowest BCUT2D eigenvalue weighted by Crippen LogP contribution is -2.42. The molecule has 26 heavy (non-hydrogen) atoms. The number of nitrogens with zero attached hydrogens (tertiary/aromatic N) is 3. The second-order valence-corrected chi connectivity index (χ2v) is 7.07. The van der Waals surface area contributed by atoms with Crippen molar-refractivity contribution in [1.29, 1.82) is 0 Å². The molecule has 3 rings (SSSR count). The molecule has 7 nitrogen and oxygen atoms in total. The zero-order valence-corrected chi connectivity index (χ0v) is 15.9. The molecular formula is C18H23ClN4O3. The van der Waals surface area contributed by atoms with Gasteiger partial charge in [-0.15, -0.1) is 12.4 Å². The number of halogens is 1. The van der Waals surface area contributed by atoms with Gasteiger partial charge in [0.25, 0.3) is 5.56 Å². The molecule has 1 amide bonds. The summed E-state index contributed by atoms with van der Waals surface area (Å²) in [6.45, 7) is 4.88. The minimum Gasteiger partial charge on any atom is -0.448 e. The first kappa shape index (κ1) is 19.9. The van der Waals surface area contributed by atoms with Crippen LogP contribution in [0.4, 0.5) is 0 Å². The van der Waals surface area contributed by atoms with Crippen molar-refractivity contribution in [1.82, 2.24) is 14.5 Å². The average Bonchev–Trinajstić information content (AvgIpc) is 2.96. The van der Waals surface area contributed by atoms with Crippen molar-refractivity contribution >= 4 is 40.4 Å². The molecule has 0 aliphatic heterocycles. The van der Waals surface area contributed by atoms with E-state index in [0.29, 0.717) is 24.2 Å². The number of furan rings is 1. The Bertz CT molecular complexity index is 993. The maximum Gasteiger partial charge on any atom is 0.297 e. The van der Waals surface area contributed by atoms with E-state index in [2.05, 4.69) is 4.98 Å². The van der Waals surface area contributed by atoms with Crippen LogP contribution < -0.4 is 11.3 Å². The summed E-state index contributed by atoms with van der Waals surface area (Å²) in [5.41, 5.74) is 6.46. The highest BCUT2D eigenvalue weighted by atomic mass is 35.5. The van der Waals surface area contributed by atoms with Gasteiger partial charge in [-0.2, -0.15) is 0 Å². The normalized spacial score (nSPS) is 11.5. The Kier molecular flexibility index (Phi) is 5.73. The highest BCUT2D eigenvalue weighted by Crippen LogP contribution is 2.24. The fourth-order valence-corrected chi connectivity index (χ4v) is 2.79. The molecule has 1 aromatic carbocycles. The molecule has 0 spiro atoms. The SMILES string of the molecule is CN(CC(C)(C)CN)C(=O)Cn1cnc2c(oc3ccccc32)c1=O.Cl. The molecule has 140 valence electrons. The van der Waals surface area contributed by atoms with Gasteiger partial charge >= 0.3 is 0 Å². The summed E-state index contributed by atoms with van der Waals surface area (Å²) >= 11 is 0. The van der Waals surface area contributed by atoms with Gasteiger partial charge in [0.1, 0.15) is 17.6 Å². The van der Waals surface area contributed by atoms with Crippen molar-refractivity contribution in [2.75, 3.05) is 20.1 Å². The number of carbonyl (C=O) groups excluding carboxylic acids is 1. The quantitative estimate of drug-likeness (QED) is 0.732. The predicted molar refractivity (Wildman–Crippen MR) is 103 cm³/mol. The standard InChI is InChI=1S/C18H22N4O3.ClH/c1-18(2,9-19)10-21(3)14(23)8-22-11-20-15-12-6-4-5-7-13(12)25-16(15)17(22)24;/h4-7,11H,8-10,19H2,1-3H3;1H. The van der Waals surface area contributed by atoms with Crippen LogP contribution in [0.2, 0.25) is 0 Å². The summed E-state index contributed by atoms with van der Waals surface area (Å²) in [6.07, 6.45) is 1.40. The van der Waals surface area contributed by atoms with Crippen LogP contribution in [0, 0.1) is 5.41 Å². The van der Waals surface area contributed by atoms with Gasteiger partial charge in [-0.1, -0.05) is 26.0 Å². The first-order valence-corrected chi connectivity index (χ1v) is 8.13. The molecular weight excluding hydrogens is 356 g/mol. The highest BCUT2D eigenvalue weighted by molar-refractivity contribution is 6.01. The van der Waals surface area contributed by atoms with Crippen LogP contribution in [0.5, 0.6) is 0 Å². The minimum absolute atomic E-state index is 0. The molecule has 2 heterocycles. The Labute approximate surface area is 157 Å². The monoisotopic (exact) mass is 378 g/mol. The fraction of sp³-hybridized carbons (Fsp3) is 0.389. The Morgan fingerprint density at radius 3 is 2.73 bits per heavy atom. The number of para-hydroxylation sites is 1. The van der Waals surface area contributed by atoms with Crippen LogP contribution in [0.3, 0.4) is 0 Å². The number of rotatable bonds is 5. The van der Waals surface area contributed by atoms with Gasteiger partial charge in [0.15, 0.2) is 0 Å². The molecule has 0 saturated carbocycles. The first-order chi connectivity index (χ1) is 11.8. The van der Waals surface area contributed by atoms with Gasteiger partial charge < -0.3 is 15.1 Å². The molecule has 0 fully saturated rings. The van der Waals surface area contributed by atoms with Gasteiger partial charge in [-0.3, -0.25) is 14.2 Å². The molecule has 0 bridgehead atoms. The molecule has 0 saturated heterocycles. The first-order valence-electron chi connectivity index (χ1n) is 8.13. The van der Waals surface area contributed by atoms with E-state index in [1.54, 1.807) is 18.0 Å².